The van der Waals surface area contributed by atoms with Gasteiger partial charge in [0.25, 0.3) is 0 Å². The van der Waals surface area contributed by atoms with Crippen LogP contribution in [-0.2, 0) is 0 Å². The van der Waals surface area contributed by atoms with Crippen molar-refractivity contribution in [2.24, 2.45) is 0 Å². The molecule has 0 nitrogen and oxygen atoms in total. The quantitative estimate of drug-likeness (QED) is 0.308. The van der Waals surface area contributed by atoms with E-state index in [0.717, 1.165) is 14.8 Å². The Morgan fingerprint density at radius 1 is 2.00 bits per heavy atom. The normalized spacial score (nSPS) is 7.25. The third kappa shape index (κ3) is 41.8. The van der Waals surface area contributed by atoms with Gasteiger partial charge < -0.3 is 0 Å². The number of hydrogen-bond acceptors (Lipinski definition) is 1. The minimum atomic E-state index is 1.00. The fourth-order valence-electron chi connectivity index (χ4n) is 0. The molecule has 4 heavy (non-hydrogen) atoms. The molecule has 0 unspecified atom stereocenters. The van der Waals surface area contributed by atoms with Gasteiger partial charge in [-0.15, -0.1) is 0 Å². The maximum atomic E-state index is 3.83. The van der Waals surface area contributed by atoms with Crippen LogP contribution in [0, 0.1) is 0 Å². The van der Waals surface area contributed by atoms with Crippen molar-refractivity contribution in [1.29, 1.82) is 0 Å². The first-order chi connectivity index (χ1) is 1.73. The smallest absolute Gasteiger partial charge is 0.0455 e. The summed E-state index contributed by atoms with van der Waals surface area (Å²) in [5.74, 6) is 0. The largest absolute Gasteiger partial charge is 0.154 e. The van der Waals surface area contributed by atoms with Crippen LogP contribution in [0.15, 0.2) is 11.1 Å². The van der Waals surface area contributed by atoms with E-state index in [1.54, 1.807) is 0 Å². The Bertz CT molecular complexity index is 29.0. The molecule has 0 rings (SSSR count). The van der Waals surface area contributed by atoms with E-state index in [0.29, 0.717) is 0 Å². The van der Waals surface area contributed by atoms with Crippen LogP contribution in [0.2, 0.25) is 0 Å². The molecule has 0 spiro atoms. The molecule has 0 aromatic rings. The summed E-state index contributed by atoms with van der Waals surface area (Å²) < 4.78 is 1.00. The van der Waals surface area contributed by atoms with Crippen molar-refractivity contribution in [3.05, 3.63) is 11.1 Å². The summed E-state index contributed by atoms with van der Waals surface area (Å²) in [4.78, 5) is 0. The van der Waals surface area contributed by atoms with Gasteiger partial charge in [0.15, 0.2) is 0 Å². The van der Waals surface area contributed by atoms with Gasteiger partial charge in [0.1, 0.15) is 0 Å². The maximum Gasteiger partial charge on any atom is 0.0455 e. The second-order valence-electron chi connectivity index (χ2n) is 0.735. The summed E-state index contributed by atoms with van der Waals surface area (Å²) in [6.45, 7) is 3.48. The van der Waals surface area contributed by atoms with Crippen LogP contribution >= 0.6 is 12.6 Å². The van der Waals surface area contributed by atoms with Gasteiger partial charge in [-0.25, -0.2) is 0 Å². The molecule has 0 fully saturated rings. The van der Waals surface area contributed by atoms with Gasteiger partial charge in [0.05, 0.1) is 0 Å². The first-order valence-corrected chi connectivity index (χ1v) is 2.52. The number of hydrogen-bond donors (Lipinski definition) is 1. The lowest BCUT2D eigenvalue weighted by molar-refractivity contribution is 2.51. The third-order valence-corrected chi connectivity index (χ3v) is 0. The molecule has 0 aliphatic carbocycles. The van der Waals surface area contributed by atoms with Crippen LogP contribution < -0.4 is 0 Å². The van der Waals surface area contributed by atoms with E-state index in [1.807, 2.05) is 0 Å². The van der Waals surface area contributed by atoms with Gasteiger partial charge in [-0.2, -0.15) is 12.6 Å². The zero-order chi connectivity index (χ0) is 3.58. The Morgan fingerprint density at radius 2 is 2.00 bits per heavy atom. The second-order valence-corrected chi connectivity index (χ2v) is 3.55. The van der Waals surface area contributed by atoms with Crippen molar-refractivity contribution in [2.75, 3.05) is 0 Å². The Kier molecular flexibility index (Phi) is 1.73. The van der Waals surface area contributed by atoms with Crippen molar-refractivity contribution in [1.82, 2.24) is 0 Å². The van der Waals surface area contributed by atoms with Crippen molar-refractivity contribution < 1.29 is 0 Å². The highest BCUT2D eigenvalue weighted by molar-refractivity contribution is 7.86. The van der Waals surface area contributed by atoms with E-state index in [1.165, 1.54) is 0 Å². The minimum Gasteiger partial charge on any atom is -0.154 e. The van der Waals surface area contributed by atoms with Crippen molar-refractivity contribution in [3.8, 4) is 0 Å². The first kappa shape index (κ1) is 4.31. The van der Waals surface area contributed by atoms with Gasteiger partial charge in [0, 0.05) is 10.2 Å². The molecule has 0 aromatic carbocycles. The Morgan fingerprint density at radius 3 is 2.00 bits per heavy atom. The summed E-state index contributed by atoms with van der Waals surface area (Å²) in [5.41, 5.74) is 0. The molecular weight excluding hydrogens is 84.2 g/mol. The van der Waals surface area contributed by atoms with Gasteiger partial charge in [0.2, 0.25) is 0 Å². The predicted octanol–water partition coefficient (Wildman–Crippen LogP) is -0.247. The molecule has 0 amide bonds. The maximum absolute atomic E-state index is 3.83. The highest BCUT2D eigenvalue weighted by atomic mass is 32.1. The number of rotatable bonds is 0. The van der Waals surface area contributed by atoms with Crippen molar-refractivity contribution in [3.63, 3.8) is 0 Å². The van der Waals surface area contributed by atoms with Crippen LogP contribution in [0.4, 0.5) is 0 Å². The molecule has 0 N–H and O–H groups in total. The Balaban J connectivity index is 2.80. The molecule has 0 saturated heterocycles. The van der Waals surface area contributed by atoms with Crippen LogP contribution in [0.1, 0.15) is 0 Å². The summed E-state index contributed by atoms with van der Waals surface area (Å²) >= 11 is 3.83. The van der Waals surface area contributed by atoms with E-state index < -0.39 is 0 Å². The second kappa shape index (κ2) is 1.61. The first-order valence-electron chi connectivity index (χ1n) is 1.08. The van der Waals surface area contributed by atoms with Crippen LogP contribution in [0.3, 0.4) is 0 Å². The highest BCUT2D eigenvalue weighted by Gasteiger charge is 1.53. The SMILES string of the molecule is C=C([SiH3])S. The molecule has 2 heteroatoms. The van der Waals surface area contributed by atoms with Gasteiger partial charge in [-0.05, 0) is 4.53 Å². The van der Waals surface area contributed by atoms with E-state index in [4.69, 9.17) is 0 Å². The fourth-order valence-corrected chi connectivity index (χ4v) is 0. The van der Waals surface area contributed by atoms with E-state index in [9.17, 15) is 0 Å². The Hall–Kier alpha value is 0.307. The molecule has 0 heterocycles. The molecule has 0 saturated carbocycles. The Labute approximate surface area is 34.7 Å². The zero-order valence-corrected chi connectivity index (χ0v) is 5.55. The third-order valence-electron chi connectivity index (χ3n) is 0. The summed E-state index contributed by atoms with van der Waals surface area (Å²) in [7, 11) is 1.02. The van der Waals surface area contributed by atoms with E-state index in [-0.39, 0.29) is 0 Å². The standard InChI is InChI=1S/C2H6SSi/c1-2(3)4/h3H,1H2,4H3. The topological polar surface area (TPSA) is 0 Å². The van der Waals surface area contributed by atoms with Crippen LogP contribution in [0.5, 0.6) is 0 Å². The zero-order valence-electron chi connectivity index (χ0n) is 2.65. The summed E-state index contributed by atoms with van der Waals surface area (Å²) in [5, 5.41) is 0. The molecule has 0 bridgehead atoms. The molecule has 0 atom stereocenters. The van der Waals surface area contributed by atoms with Crippen LogP contribution in [0.25, 0.3) is 0 Å². The van der Waals surface area contributed by atoms with Crippen LogP contribution in [-0.4, -0.2) is 10.2 Å². The van der Waals surface area contributed by atoms with E-state index in [2.05, 4.69) is 19.2 Å². The average Bonchev–Trinajstić information content (AvgIpc) is 0.811. The summed E-state index contributed by atoms with van der Waals surface area (Å²) in [6.07, 6.45) is 0. The van der Waals surface area contributed by atoms with Crippen molar-refractivity contribution >= 4 is 22.9 Å². The highest BCUT2D eigenvalue weighted by Crippen LogP contribution is 1.79. The molecule has 0 aromatic heterocycles. The molecular formula is C2H6SSi. The lowest BCUT2D eigenvalue weighted by atomic mass is 11.2. The fraction of sp³-hybridized carbons (Fsp3) is 0. The summed E-state index contributed by atoms with van der Waals surface area (Å²) in [6, 6.07) is 0. The van der Waals surface area contributed by atoms with Gasteiger partial charge >= 0.3 is 0 Å². The number of thiol groups is 1. The lowest BCUT2D eigenvalue weighted by Gasteiger charge is -1.64. The minimum absolute atomic E-state index is 1.00. The molecule has 0 aliphatic rings. The monoisotopic (exact) mass is 90.0 g/mol. The predicted molar refractivity (Wildman–Crippen MR) is 28.1 cm³/mol. The van der Waals surface area contributed by atoms with Gasteiger partial charge in [-0.1, -0.05) is 6.58 Å². The average molecular weight is 90.2 g/mol. The molecule has 0 radical (unpaired) electrons. The van der Waals surface area contributed by atoms with Gasteiger partial charge in [-0.3, -0.25) is 0 Å². The van der Waals surface area contributed by atoms with Crippen molar-refractivity contribution in [2.45, 2.75) is 0 Å². The lowest BCUT2D eigenvalue weighted by Crippen LogP contribution is -1.50. The molecule has 0 aliphatic heterocycles. The molecule has 24 valence electrons. The van der Waals surface area contributed by atoms with E-state index >= 15 is 0 Å².